The van der Waals surface area contributed by atoms with E-state index in [1.807, 2.05) is 60.7 Å². The van der Waals surface area contributed by atoms with Crippen molar-refractivity contribution in [3.05, 3.63) is 268 Å². The van der Waals surface area contributed by atoms with Gasteiger partial charge in [-0.15, -0.1) is 0 Å². The number of nitrogens with zero attached hydrogens (tertiary/aromatic N) is 3. The molecule has 0 aliphatic heterocycles. The molecule has 0 saturated carbocycles. The lowest BCUT2D eigenvalue weighted by atomic mass is 10.1. The van der Waals surface area contributed by atoms with Gasteiger partial charge in [-0.1, -0.05) is 132 Å². The molecule has 0 aliphatic carbocycles. The number of para-hydroxylation sites is 6. The molecule has 0 fully saturated rings. The highest BCUT2D eigenvalue weighted by Gasteiger charge is 2.17. The summed E-state index contributed by atoms with van der Waals surface area (Å²) in [4.78, 5) is 2.27. The maximum absolute atomic E-state index is 6.19. The molecule has 0 amide bonds. The molecule has 4 nitrogen and oxygen atoms in total. The molecule has 2 aromatic heterocycles. The number of halogens is 3. The van der Waals surface area contributed by atoms with Gasteiger partial charge in [-0.25, -0.2) is 0 Å². The minimum Gasteiger partial charge on any atom is -0.356 e. The highest BCUT2D eigenvalue weighted by Crippen LogP contribution is 2.40. The van der Waals surface area contributed by atoms with Gasteiger partial charge in [0.15, 0.2) is 0 Å². The van der Waals surface area contributed by atoms with Crippen LogP contribution in [0.4, 0.5) is 28.4 Å². The zero-order valence-electron chi connectivity index (χ0n) is 36.2. The Morgan fingerprint density at radius 3 is 1.27 bits per heavy atom. The molecule has 2 heterocycles. The van der Waals surface area contributed by atoms with Crippen LogP contribution in [0.5, 0.6) is 0 Å². The van der Waals surface area contributed by atoms with Crippen molar-refractivity contribution >= 4 is 118 Å². The van der Waals surface area contributed by atoms with Crippen LogP contribution in [0.3, 0.4) is 0 Å². The van der Waals surface area contributed by atoms with Crippen molar-refractivity contribution in [3.8, 4) is 11.4 Å². The van der Waals surface area contributed by atoms with Crippen LogP contribution in [0, 0.1) is 3.57 Å². The third kappa shape index (κ3) is 9.54. The van der Waals surface area contributed by atoms with Crippen LogP contribution in [0.15, 0.2) is 255 Å². The number of hydrogen-bond acceptors (Lipinski definition) is 2. The van der Waals surface area contributed by atoms with Crippen LogP contribution in [-0.4, -0.2) is 9.13 Å². The number of nitrogens with one attached hydrogen (secondary N) is 1. The Bertz CT molecular complexity index is 3540. The van der Waals surface area contributed by atoms with E-state index >= 15 is 0 Å². The monoisotopic (exact) mass is 1020 g/mol. The lowest BCUT2D eigenvalue weighted by Gasteiger charge is -2.25. The summed E-state index contributed by atoms with van der Waals surface area (Å²) in [5.41, 5.74) is 12.6. The van der Waals surface area contributed by atoms with E-state index in [-0.39, 0.29) is 0 Å². The van der Waals surface area contributed by atoms with Gasteiger partial charge in [0.2, 0.25) is 0 Å². The van der Waals surface area contributed by atoms with Gasteiger partial charge >= 0.3 is 0 Å². The molecule has 0 atom stereocenters. The van der Waals surface area contributed by atoms with Gasteiger partial charge in [0.05, 0.1) is 22.1 Å². The van der Waals surface area contributed by atoms with Crippen LogP contribution in [0.2, 0.25) is 10.0 Å². The summed E-state index contributed by atoms with van der Waals surface area (Å²) in [6, 6.07) is 88.0. The topological polar surface area (TPSA) is 25.1 Å². The van der Waals surface area contributed by atoms with Crippen molar-refractivity contribution in [2.24, 2.45) is 0 Å². The van der Waals surface area contributed by atoms with E-state index in [2.05, 4.69) is 236 Å². The summed E-state index contributed by atoms with van der Waals surface area (Å²) < 4.78 is 5.88. The first-order valence-electron chi connectivity index (χ1n) is 22.0. The highest BCUT2D eigenvalue weighted by molar-refractivity contribution is 14.1. The van der Waals surface area contributed by atoms with Gasteiger partial charge in [-0.05, 0) is 168 Å². The Morgan fingerprint density at radius 1 is 0.328 bits per heavy atom. The Balaban J connectivity index is 0.000000137. The van der Waals surface area contributed by atoms with E-state index in [0.717, 1.165) is 44.2 Å². The molecular weight excluding hydrogens is 974 g/mol. The Hall–Kier alpha value is -7.29. The van der Waals surface area contributed by atoms with Gasteiger partial charge in [-0.2, -0.15) is 0 Å². The summed E-state index contributed by atoms with van der Waals surface area (Å²) in [5.74, 6) is 0. The predicted molar refractivity (Wildman–Crippen MR) is 295 cm³/mol. The molecule has 1 N–H and O–H groups in total. The van der Waals surface area contributed by atoms with E-state index in [1.54, 1.807) is 0 Å². The number of fused-ring (bicyclic) bond motifs is 6. The molecule has 12 aromatic rings. The lowest BCUT2D eigenvalue weighted by Crippen LogP contribution is -2.09. The first kappa shape index (κ1) is 43.6. The van der Waals surface area contributed by atoms with Crippen LogP contribution in [0.25, 0.3) is 55.0 Å². The molecule has 10 aromatic carbocycles. The smallest absolute Gasteiger partial charge is 0.0542 e. The SMILES string of the molecule is Clc1ccc(I)cc1.Clc1ccc(N(c2ccccc2)c2ccc3c(c2)c2ccccc2n3-c2ccccc2)cc1.c1ccc(Nc2ccc3c(c2)c2ccccc2n3-c2ccccc2)cc1. The first-order valence-corrected chi connectivity index (χ1v) is 23.8. The second kappa shape index (κ2) is 20.1. The quantitative estimate of drug-likeness (QED) is 0.161. The minimum absolute atomic E-state index is 0.730. The zero-order chi connectivity index (χ0) is 45.5. The fraction of sp³-hybridized carbons (Fsp3) is 0. The first-order chi connectivity index (χ1) is 33.0. The molecule has 0 spiro atoms. The molecule has 0 bridgehead atoms. The third-order valence-corrected chi connectivity index (χ3v) is 12.8. The molecular formula is C60H43Cl2IN4. The number of benzene rings is 10. The Morgan fingerprint density at radius 2 is 0.731 bits per heavy atom. The summed E-state index contributed by atoms with van der Waals surface area (Å²) in [6.45, 7) is 0. The fourth-order valence-electron chi connectivity index (χ4n) is 8.59. The second-order valence-corrected chi connectivity index (χ2v) is 18.0. The van der Waals surface area contributed by atoms with E-state index in [9.17, 15) is 0 Å². The second-order valence-electron chi connectivity index (χ2n) is 15.9. The molecule has 0 saturated heterocycles. The van der Waals surface area contributed by atoms with Gasteiger partial charge < -0.3 is 19.4 Å². The Labute approximate surface area is 414 Å². The number of rotatable bonds is 7. The highest BCUT2D eigenvalue weighted by atomic mass is 127. The lowest BCUT2D eigenvalue weighted by molar-refractivity contribution is 1.18. The summed E-state index contributed by atoms with van der Waals surface area (Å²) in [7, 11) is 0. The molecule has 7 heteroatoms. The van der Waals surface area contributed by atoms with E-state index in [1.165, 1.54) is 52.9 Å². The molecule has 0 radical (unpaired) electrons. The van der Waals surface area contributed by atoms with E-state index in [4.69, 9.17) is 23.2 Å². The molecule has 324 valence electrons. The molecule has 0 aliphatic rings. The summed E-state index contributed by atoms with van der Waals surface area (Å²) in [5, 5.41) is 10.0. The fourth-order valence-corrected chi connectivity index (χ4v) is 9.20. The van der Waals surface area contributed by atoms with Gasteiger partial charge in [0.1, 0.15) is 0 Å². The van der Waals surface area contributed by atoms with Crippen molar-refractivity contribution in [1.82, 2.24) is 9.13 Å². The van der Waals surface area contributed by atoms with Crippen LogP contribution < -0.4 is 10.2 Å². The standard InChI is InChI=1S/C30H21ClN2.C24H18N2.C6H4ClI/c31-22-15-17-25(18-16-22)32(23-9-3-1-4-10-23)26-19-20-30-28(21-26)27-13-7-8-14-29(27)33(30)24-11-5-2-6-12-24;1-3-9-18(10-4-1)25-19-15-16-24-22(17-19)21-13-7-8-14-23(21)26(24)20-11-5-2-6-12-20;7-5-1-3-6(8)4-2-5/h1-21H;1-17,25H;1-4H. The van der Waals surface area contributed by atoms with Crippen molar-refractivity contribution in [3.63, 3.8) is 0 Å². The maximum atomic E-state index is 6.19. The van der Waals surface area contributed by atoms with E-state index < -0.39 is 0 Å². The average Bonchev–Trinajstić information content (AvgIpc) is 3.89. The van der Waals surface area contributed by atoms with Crippen molar-refractivity contribution in [1.29, 1.82) is 0 Å². The Kier molecular flexibility index (Phi) is 13.1. The summed E-state index contributed by atoms with van der Waals surface area (Å²) in [6.07, 6.45) is 0. The van der Waals surface area contributed by atoms with Crippen LogP contribution >= 0.6 is 45.8 Å². The molecule has 12 rings (SSSR count). The van der Waals surface area contributed by atoms with Crippen molar-refractivity contribution in [2.75, 3.05) is 10.2 Å². The number of anilines is 5. The van der Waals surface area contributed by atoms with Gasteiger partial charge in [0.25, 0.3) is 0 Å². The van der Waals surface area contributed by atoms with Crippen LogP contribution in [-0.2, 0) is 0 Å². The van der Waals surface area contributed by atoms with Gasteiger partial charge in [0, 0.05) is 75.0 Å². The average molecular weight is 1020 g/mol. The number of aromatic nitrogens is 2. The predicted octanol–water partition coefficient (Wildman–Crippen LogP) is 18.4. The van der Waals surface area contributed by atoms with Gasteiger partial charge in [-0.3, -0.25) is 0 Å². The van der Waals surface area contributed by atoms with Crippen molar-refractivity contribution < 1.29 is 0 Å². The summed E-state index contributed by atoms with van der Waals surface area (Å²) >= 11 is 14.0. The third-order valence-electron chi connectivity index (χ3n) is 11.6. The zero-order valence-corrected chi connectivity index (χ0v) is 39.9. The number of hydrogen-bond donors (Lipinski definition) is 1. The van der Waals surface area contributed by atoms with E-state index in [0.29, 0.717) is 0 Å². The van der Waals surface area contributed by atoms with Crippen LogP contribution in [0.1, 0.15) is 0 Å². The molecule has 67 heavy (non-hydrogen) atoms. The van der Waals surface area contributed by atoms with Crippen molar-refractivity contribution in [2.45, 2.75) is 0 Å². The largest absolute Gasteiger partial charge is 0.356 e. The molecule has 0 unspecified atom stereocenters. The normalized spacial score (nSPS) is 10.9. The minimum atomic E-state index is 0.730. The maximum Gasteiger partial charge on any atom is 0.0542 e.